The first-order valence-corrected chi connectivity index (χ1v) is 9.35. The molecule has 1 spiro atoms. The number of carbonyl (C=O) groups is 3. The van der Waals surface area contributed by atoms with Crippen LogP contribution < -0.4 is 10.6 Å². The fraction of sp³-hybridized carbons (Fsp3) is 0.833. The van der Waals surface area contributed by atoms with E-state index in [9.17, 15) is 14.4 Å². The summed E-state index contributed by atoms with van der Waals surface area (Å²) in [6.45, 7) is 9.19. The van der Waals surface area contributed by atoms with E-state index in [2.05, 4.69) is 31.4 Å². The normalized spacial score (nSPS) is 32.7. The van der Waals surface area contributed by atoms with E-state index in [1.165, 1.54) is 0 Å². The first kappa shape index (κ1) is 18.2. The molecule has 2 heterocycles. The summed E-state index contributed by atoms with van der Waals surface area (Å²) in [5, 5.41) is 6.18. The maximum absolute atomic E-state index is 13.1. The molecule has 3 fully saturated rings. The highest BCUT2D eigenvalue weighted by Gasteiger charge is 2.56. The molecule has 1 aliphatic carbocycles. The molecule has 2 saturated heterocycles. The van der Waals surface area contributed by atoms with Crippen LogP contribution in [0.25, 0.3) is 0 Å². The third-order valence-corrected chi connectivity index (χ3v) is 5.61. The van der Waals surface area contributed by atoms with Crippen molar-refractivity contribution < 1.29 is 14.4 Å². The molecule has 0 bridgehead atoms. The second-order valence-corrected chi connectivity index (χ2v) is 8.74. The van der Waals surface area contributed by atoms with Gasteiger partial charge in [-0.1, -0.05) is 20.8 Å². The topological polar surface area (TPSA) is 81.8 Å². The van der Waals surface area contributed by atoms with Crippen LogP contribution in [0.15, 0.2) is 0 Å². The van der Waals surface area contributed by atoms with E-state index >= 15 is 0 Å². The fourth-order valence-corrected chi connectivity index (χ4v) is 4.98. The molecule has 2 aliphatic heterocycles. The van der Waals surface area contributed by atoms with Crippen LogP contribution in [-0.4, -0.2) is 65.9 Å². The molecule has 25 heavy (non-hydrogen) atoms. The predicted molar refractivity (Wildman–Crippen MR) is 93.8 cm³/mol. The highest BCUT2D eigenvalue weighted by molar-refractivity contribution is 6.09. The van der Waals surface area contributed by atoms with E-state index < -0.39 is 11.6 Å². The maximum atomic E-state index is 13.1. The van der Waals surface area contributed by atoms with Gasteiger partial charge in [-0.2, -0.15) is 0 Å². The largest absolute Gasteiger partial charge is 0.340 e. The van der Waals surface area contributed by atoms with Gasteiger partial charge in [-0.25, -0.2) is 4.79 Å². The third-order valence-electron chi connectivity index (χ3n) is 5.61. The summed E-state index contributed by atoms with van der Waals surface area (Å²) in [6.07, 6.45) is 3.21. The van der Waals surface area contributed by atoms with Gasteiger partial charge in [0.05, 0.1) is 0 Å². The van der Waals surface area contributed by atoms with Crippen LogP contribution in [0.4, 0.5) is 4.79 Å². The molecule has 7 nitrogen and oxygen atoms in total. The van der Waals surface area contributed by atoms with Crippen LogP contribution in [0.3, 0.4) is 0 Å². The van der Waals surface area contributed by atoms with Gasteiger partial charge in [-0.15, -0.1) is 0 Å². The molecule has 4 amide bonds. The minimum atomic E-state index is -0.834. The van der Waals surface area contributed by atoms with Crippen LogP contribution in [0, 0.1) is 11.3 Å². The summed E-state index contributed by atoms with van der Waals surface area (Å²) in [7, 11) is 0. The Morgan fingerprint density at radius 3 is 2.68 bits per heavy atom. The number of carbonyl (C=O) groups excluding carboxylic acids is 3. The zero-order valence-electron chi connectivity index (χ0n) is 15.6. The SMILES string of the molecule is CC1CC(C)(C)CC2(C1)NC(=O)N(CC(=O)N1CCCNCC1)C2=O. The minimum absolute atomic E-state index is 0.00289. The van der Waals surface area contributed by atoms with Crippen molar-refractivity contribution in [2.75, 3.05) is 32.7 Å². The Hall–Kier alpha value is -1.63. The Kier molecular flexibility index (Phi) is 4.79. The second kappa shape index (κ2) is 6.59. The Balaban J connectivity index is 1.72. The first-order valence-electron chi connectivity index (χ1n) is 9.35. The highest BCUT2D eigenvalue weighted by atomic mass is 16.2. The molecule has 3 rings (SSSR count). The number of nitrogens with zero attached hydrogens (tertiary/aromatic N) is 2. The van der Waals surface area contributed by atoms with E-state index in [1.54, 1.807) is 4.90 Å². The molecular weight excluding hydrogens is 320 g/mol. The number of urea groups is 1. The third kappa shape index (κ3) is 3.66. The Bertz CT molecular complexity index is 569. The number of nitrogens with one attached hydrogen (secondary N) is 2. The fourth-order valence-electron chi connectivity index (χ4n) is 4.98. The van der Waals surface area contributed by atoms with Crippen molar-refractivity contribution in [3.05, 3.63) is 0 Å². The molecule has 0 radical (unpaired) electrons. The summed E-state index contributed by atoms with van der Waals surface area (Å²) in [4.78, 5) is 41.0. The van der Waals surface area contributed by atoms with E-state index in [0.717, 1.165) is 30.8 Å². The summed E-state index contributed by atoms with van der Waals surface area (Å²) >= 11 is 0. The molecule has 2 atom stereocenters. The van der Waals surface area contributed by atoms with Crippen molar-refractivity contribution in [2.24, 2.45) is 11.3 Å². The van der Waals surface area contributed by atoms with Crippen LogP contribution >= 0.6 is 0 Å². The summed E-state index contributed by atoms with van der Waals surface area (Å²) in [5.41, 5.74) is -0.837. The van der Waals surface area contributed by atoms with Gasteiger partial charge in [0.2, 0.25) is 5.91 Å². The number of amides is 4. The van der Waals surface area contributed by atoms with Crippen LogP contribution in [0.1, 0.15) is 46.5 Å². The van der Waals surface area contributed by atoms with Crippen molar-refractivity contribution in [3.8, 4) is 0 Å². The number of hydrogen-bond acceptors (Lipinski definition) is 4. The summed E-state index contributed by atoms with van der Waals surface area (Å²) in [5.74, 6) is -0.00822. The molecule has 140 valence electrons. The Labute approximate surface area is 149 Å². The van der Waals surface area contributed by atoms with Gasteiger partial charge in [0, 0.05) is 19.6 Å². The van der Waals surface area contributed by atoms with E-state index in [4.69, 9.17) is 0 Å². The zero-order valence-corrected chi connectivity index (χ0v) is 15.6. The van der Waals surface area contributed by atoms with Crippen molar-refractivity contribution >= 4 is 17.8 Å². The predicted octanol–water partition coefficient (Wildman–Crippen LogP) is 0.945. The molecule has 0 aromatic rings. The lowest BCUT2D eigenvalue weighted by atomic mass is 9.64. The monoisotopic (exact) mass is 350 g/mol. The van der Waals surface area contributed by atoms with Gasteiger partial charge in [0.1, 0.15) is 12.1 Å². The minimum Gasteiger partial charge on any atom is -0.340 e. The molecule has 0 aromatic carbocycles. The average molecular weight is 350 g/mol. The van der Waals surface area contributed by atoms with E-state index in [1.807, 2.05) is 0 Å². The van der Waals surface area contributed by atoms with Gasteiger partial charge in [0.25, 0.3) is 5.91 Å². The van der Waals surface area contributed by atoms with E-state index in [0.29, 0.717) is 31.8 Å². The van der Waals surface area contributed by atoms with Crippen molar-refractivity contribution in [2.45, 2.75) is 52.0 Å². The molecule has 2 N–H and O–H groups in total. The first-order chi connectivity index (χ1) is 11.7. The van der Waals surface area contributed by atoms with Gasteiger partial charge in [0.15, 0.2) is 0 Å². The molecular formula is C18H30N4O3. The summed E-state index contributed by atoms with van der Waals surface area (Å²) in [6, 6.07) is -0.420. The van der Waals surface area contributed by atoms with Gasteiger partial charge < -0.3 is 15.5 Å². The molecule has 0 aromatic heterocycles. The van der Waals surface area contributed by atoms with Gasteiger partial charge in [-0.05, 0) is 43.6 Å². The van der Waals surface area contributed by atoms with Crippen molar-refractivity contribution in [1.82, 2.24) is 20.4 Å². The number of rotatable bonds is 2. The van der Waals surface area contributed by atoms with Crippen LogP contribution in [0.5, 0.6) is 0 Å². The molecule has 3 aliphatic rings. The maximum Gasteiger partial charge on any atom is 0.325 e. The van der Waals surface area contributed by atoms with Crippen LogP contribution in [0.2, 0.25) is 0 Å². The average Bonchev–Trinajstić information content (AvgIpc) is 2.72. The summed E-state index contributed by atoms with van der Waals surface area (Å²) < 4.78 is 0. The van der Waals surface area contributed by atoms with Gasteiger partial charge >= 0.3 is 6.03 Å². The van der Waals surface area contributed by atoms with Crippen molar-refractivity contribution in [3.63, 3.8) is 0 Å². The lowest BCUT2D eigenvalue weighted by Crippen LogP contribution is -2.54. The molecule has 1 saturated carbocycles. The standard InChI is InChI=1S/C18H30N4O3/c1-13-9-17(2,3)12-18(10-13)15(24)22(16(25)20-18)11-14(23)21-7-4-5-19-6-8-21/h13,19H,4-12H2,1-3H3,(H,20,25). The number of imide groups is 1. The lowest BCUT2D eigenvalue weighted by molar-refractivity contribution is -0.140. The molecule has 7 heteroatoms. The van der Waals surface area contributed by atoms with Crippen molar-refractivity contribution in [1.29, 1.82) is 0 Å². The Morgan fingerprint density at radius 1 is 1.20 bits per heavy atom. The number of hydrogen-bond donors (Lipinski definition) is 2. The molecule has 2 unspecified atom stereocenters. The smallest absolute Gasteiger partial charge is 0.325 e. The Morgan fingerprint density at radius 2 is 1.96 bits per heavy atom. The highest BCUT2D eigenvalue weighted by Crippen LogP contribution is 2.46. The zero-order chi connectivity index (χ0) is 18.2. The van der Waals surface area contributed by atoms with Crippen LogP contribution in [-0.2, 0) is 9.59 Å². The quantitative estimate of drug-likeness (QED) is 0.727. The van der Waals surface area contributed by atoms with E-state index in [-0.39, 0.29) is 23.8 Å². The lowest BCUT2D eigenvalue weighted by Gasteiger charge is -2.43. The van der Waals surface area contributed by atoms with Gasteiger partial charge in [-0.3, -0.25) is 14.5 Å². The second-order valence-electron chi connectivity index (χ2n) is 8.74.